The average Bonchev–Trinajstić information content (AvgIpc) is 3.35. The van der Waals surface area contributed by atoms with Crippen LogP contribution in [0.2, 0.25) is 0 Å². The molecule has 2 heterocycles. The Hall–Kier alpha value is -4.25. The van der Waals surface area contributed by atoms with Gasteiger partial charge in [-0.15, -0.1) is 0 Å². The van der Waals surface area contributed by atoms with Crippen LogP contribution < -0.4 is 5.32 Å². The zero-order chi connectivity index (χ0) is 20.9. The van der Waals surface area contributed by atoms with E-state index in [2.05, 4.69) is 5.32 Å². The zero-order valence-corrected chi connectivity index (χ0v) is 16.6. The summed E-state index contributed by atoms with van der Waals surface area (Å²) in [6.45, 7) is 0. The van der Waals surface area contributed by atoms with Crippen molar-refractivity contribution in [3.05, 3.63) is 84.4 Å². The number of para-hydroxylation sites is 2. The quantitative estimate of drug-likeness (QED) is 0.320. The summed E-state index contributed by atoms with van der Waals surface area (Å²) in [5.74, 6) is -0.417. The van der Waals surface area contributed by atoms with E-state index in [4.69, 9.17) is 13.6 Å². The Labute approximate surface area is 176 Å². The number of hydrogen-bond acceptors (Lipinski definition) is 5. The molecule has 0 saturated carbocycles. The topological polar surface area (TPSA) is 64.6 Å². The van der Waals surface area contributed by atoms with Crippen molar-refractivity contribution in [3.63, 3.8) is 0 Å². The molecule has 0 spiro atoms. The van der Waals surface area contributed by atoms with E-state index in [-0.39, 0.29) is 0 Å². The van der Waals surface area contributed by atoms with Crippen molar-refractivity contribution < 1.29 is 18.4 Å². The van der Waals surface area contributed by atoms with Crippen molar-refractivity contribution in [2.24, 2.45) is 0 Å². The number of benzene rings is 4. The second-order valence-corrected chi connectivity index (χ2v) is 7.42. The molecule has 0 atom stereocenters. The molecule has 0 aliphatic carbocycles. The van der Waals surface area contributed by atoms with Crippen molar-refractivity contribution in [1.29, 1.82) is 0 Å². The molecule has 0 fully saturated rings. The van der Waals surface area contributed by atoms with Crippen LogP contribution in [0.5, 0.6) is 0 Å². The second-order valence-electron chi connectivity index (χ2n) is 7.42. The smallest absolute Gasteiger partial charge is 0.340 e. The Bertz CT molecular complexity index is 1620. The molecule has 0 amide bonds. The van der Waals surface area contributed by atoms with Gasteiger partial charge in [-0.25, -0.2) is 4.79 Å². The maximum absolute atomic E-state index is 12.5. The lowest BCUT2D eigenvalue weighted by atomic mass is 10.1. The first-order chi connectivity index (χ1) is 15.2. The van der Waals surface area contributed by atoms with Crippen molar-refractivity contribution in [2.45, 2.75) is 0 Å². The van der Waals surface area contributed by atoms with E-state index in [1.807, 2.05) is 78.9 Å². The van der Waals surface area contributed by atoms with Gasteiger partial charge in [0.15, 0.2) is 0 Å². The van der Waals surface area contributed by atoms with Crippen LogP contribution in [0.3, 0.4) is 0 Å². The van der Waals surface area contributed by atoms with Crippen LogP contribution in [0.1, 0.15) is 10.4 Å². The normalized spacial score (nSPS) is 11.5. The number of fused-ring (bicyclic) bond motifs is 6. The molecule has 0 aliphatic rings. The van der Waals surface area contributed by atoms with Gasteiger partial charge >= 0.3 is 5.97 Å². The molecule has 0 saturated heterocycles. The van der Waals surface area contributed by atoms with Gasteiger partial charge in [0.1, 0.15) is 22.3 Å². The summed E-state index contributed by atoms with van der Waals surface area (Å²) in [5.41, 5.74) is 4.92. The van der Waals surface area contributed by atoms with Gasteiger partial charge in [-0.3, -0.25) is 0 Å². The lowest BCUT2D eigenvalue weighted by Gasteiger charge is -2.11. The molecular weight excluding hydrogens is 390 g/mol. The summed E-state index contributed by atoms with van der Waals surface area (Å²) in [7, 11) is 1.38. The highest BCUT2D eigenvalue weighted by atomic mass is 16.5. The van der Waals surface area contributed by atoms with Crippen LogP contribution >= 0.6 is 0 Å². The van der Waals surface area contributed by atoms with Crippen molar-refractivity contribution in [2.75, 3.05) is 12.4 Å². The predicted molar refractivity (Wildman–Crippen MR) is 122 cm³/mol. The minimum absolute atomic E-state index is 0.417. The number of carbonyl (C=O) groups excluding carboxylic acids is 1. The molecule has 5 nitrogen and oxygen atoms in total. The minimum Gasteiger partial charge on any atom is -0.465 e. The number of rotatable bonds is 3. The average molecular weight is 407 g/mol. The van der Waals surface area contributed by atoms with Gasteiger partial charge in [-0.2, -0.15) is 0 Å². The molecule has 4 aromatic carbocycles. The SMILES string of the molecule is COC(=O)c1cc2c(cc1Nc1ccc3c(c1)oc1ccccc13)oc1ccccc12. The molecule has 150 valence electrons. The van der Waals surface area contributed by atoms with Gasteiger partial charge < -0.3 is 18.9 Å². The lowest BCUT2D eigenvalue weighted by Crippen LogP contribution is -2.05. The van der Waals surface area contributed by atoms with Gasteiger partial charge in [0.2, 0.25) is 0 Å². The third-order valence-electron chi connectivity index (χ3n) is 5.58. The first-order valence-corrected chi connectivity index (χ1v) is 9.93. The van der Waals surface area contributed by atoms with E-state index >= 15 is 0 Å². The maximum Gasteiger partial charge on any atom is 0.340 e. The molecule has 0 bridgehead atoms. The highest BCUT2D eigenvalue weighted by Gasteiger charge is 2.18. The van der Waals surface area contributed by atoms with E-state index in [1.54, 1.807) is 0 Å². The summed E-state index contributed by atoms with van der Waals surface area (Å²) >= 11 is 0. The van der Waals surface area contributed by atoms with E-state index in [0.717, 1.165) is 44.0 Å². The largest absolute Gasteiger partial charge is 0.465 e. The Kier molecular flexibility index (Phi) is 3.77. The summed E-state index contributed by atoms with van der Waals surface area (Å²) in [4.78, 5) is 12.5. The Morgan fingerprint density at radius 2 is 1.32 bits per heavy atom. The fourth-order valence-corrected chi connectivity index (χ4v) is 4.11. The summed E-state index contributed by atoms with van der Waals surface area (Å²) in [5, 5.41) is 7.28. The number of furan rings is 2. The summed E-state index contributed by atoms with van der Waals surface area (Å²) < 4.78 is 17.0. The van der Waals surface area contributed by atoms with Crippen molar-refractivity contribution in [3.8, 4) is 0 Å². The van der Waals surface area contributed by atoms with Gasteiger partial charge in [-0.05, 0) is 30.3 Å². The molecule has 31 heavy (non-hydrogen) atoms. The number of carbonyl (C=O) groups is 1. The molecule has 0 aliphatic heterocycles. The van der Waals surface area contributed by atoms with Gasteiger partial charge in [0.25, 0.3) is 0 Å². The molecule has 5 heteroatoms. The standard InChI is InChI=1S/C26H17NO4/c1-29-26(28)20-13-19-17-7-3-5-9-23(17)31-25(19)14-21(20)27-15-10-11-18-16-6-2-4-8-22(16)30-24(18)12-15/h2-14,27H,1H3. The van der Waals surface area contributed by atoms with Gasteiger partial charge in [0, 0.05) is 39.4 Å². The highest BCUT2D eigenvalue weighted by Crippen LogP contribution is 2.36. The third kappa shape index (κ3) is 2.74. The number of anilines is 2. The van der Waals surface area contributed by atoms with E-state index in [0.29, 0.717) is 16.8 Å². The summed E-state index contributed by atoms with van der Waals surface area (Å²) in [6, 6.07) is 25.3. The Morgan fingerprint density at radius 1 is 0.710 bits per heavy atom. The fraction of sp³-hybridized carbons (Fsp3) is 0.0385. The van der Waals surface area contributed by atoms with E-state index < -0.39 is 5.97 Å². The number of ether oxygens (including phenoxy) is 1. The van der Waals surface area contributed by atoms with Crippen LogP contribution in [0, 0.1) is 0 Å². The minimum atomic E-state index is -0.417. The van der Waals surface area contributed by atoms with Crippen LogP contribution in [0.25, 0.3) is 43.9 Å². The Balaban J connectivity index is 1.50. The van der Waals surface area contributed by atoms with Crippen molar-refractivity contribution >= 4 is 61.2 Å². The van der Waals surface area contributed by atoms with E-state index in [1.165, 1.54) is 7.11 Å². The number of nitrogens with one attached hydrogen (secondary N) is 1. The third-order valence-corrected chi connectivity index (χ3v) is 5.58. The monoisotopic (exact) mass is 407 g/mol. The maximum atomic E-state index is 12.5. The second kappa shape index (κ2) is 6.64. The first-order valence-electron chi connectivity index (χ1n) is 9.93. The molecule has 6 rings (SSSR count). The molecule has 0 unspecified atom stereocenters. The first kappa shape index (κ1) is 17.6. The van der Waals surface area contributed by atoms with E-state index in [9.17, 15) is 4.79 Å². The highest BCUT2D eigenvalue weighted by molar-refractivity contribution is 6.11. The fourth-order valence-electron chi connectivity index (χ4n) is 4.11. The van der Waals surface area contributed by atoms with Crippen LogP contribution in [0.15, 0.2) is 87.7 Å². The van der Waals surface area contributed by atoms with Crippen LogP contribution in [-0.4, -0.2) is 13.1 Å². The molecule has 0 radical (unpaired) electrons. The van der Waals surface area contributed by atoms with Crippen molar-refractivity contribution in [1.82, 2.24) is 0 Å². The number of hydrogen-bond donors (Lipinski definition) is 1. The Morgan fingerprint density at radius 3 is 2.03 bits per heavy atom. The molecule has 2 aromatic heterocycles. The lowest BCUT2D eigenvalue weighted by molar-refractivity contribution is 0.0602. The number of esters is 1. The molecular formula is C26H17NO4. The number of methoxy groups -OCH3 is 1. The van der Waals surface area contributed by atoms with Gasteiger partial charge in [-0.1, -0.05) is 36.4 Å². The zero-order valence-electron chi connectivity index (χ0n) is 16.6. The predicted octanol–water partition coefficient (Wildman–Crippen LogP) is 7.02. The van der Waals surface area contributed by atoms with Crippen LogP contribution in [-0.2, 0) is 4.74 Å². The summed E-state index contributed by atoms with van der Waals surface area (Å²) in [6.07, 6.45) is 0. The molecule has 6 aromatic rings. The molecule has 1 N–H and O–H groups in total. The van der Waals surface area contributed by atoms with Gasteiger partial charge in [0.05, 0.1) is 18.4 Å². The van der Waals surface area contributed by atoms with Crippen LogP contribution in [0.4, 0.5) is 11.4 Å².